The molecule has 5 heteroatoms. The van der Waals surface area contributed by atoms with Gasteiger partial charge in [0.15, 0.2) is 0 Å². The van der Waals surface area contributed by atoms with Crippen molar-refractivity contribution in [2.24, 2.45) is 0 Å². The lowest BCUT2D eigenvalue weighted by Gasteiger charge is -2.06. The molecule has 1 aromatic rings. The molecule has 1 rings (SSSR count). The van der Waals surface area contributed by atoms with Gasteiger partial charge in [-0.15, -0.1) is 0 Å². The Bertz CT molecular complexity index is 418. The Morgan fingerprint density at radius 1 is 1.44 bits per heavy atom. The third kappa shape index (κ3) is 3.34. The zero-order chi connectivity index (χ0) is 12.1. The fourth-order valence-electron chi connectivity index (χ4n) is 1.05. The van der Waals surface area contributed by atoms with E-state index in [0.29, 0.717) is 5.69 Å². The molecule has 0 bridgehead atoms. The molecule has 1 aromatic carbocycles. The summed E-state index contributed by atoms with van der Waals surface area (Å²) < 4.78 is 5.44. The maximum absolute atomic E-state index is 11.3. The Morgan fingerprint density at radius 3 is 2.69 bits per heavy atom. The summed E-state index contributed by atoms with van der Waals surface area (Å²) in [6.07, 6.45) is 0. The monoisotopic (exact) mass is 285 g/mol. The number of halogens is 1. The van der Waals surface area contributed by atoms with Crippen molar-refractivity contribution in [3.63, 3.8) is 0 Å². The lowest BCUT2D eigenvalue weighted by Crippen LogP contribution is -2.24. The molecule has 86 valence electrons. The summed E-state index contributed by atoms with van der Waals surface area (Å²) in [6.45, 7) is 3.76. The number of carbonyl (C=O) groups is 2. The second-order valence-corrected chi connectivity index (χ2v) is 3.99. The third-order valence-electron chi connectivity index (χ3n) is 1.89. The zero-order valence-corrected chi connectivity index (χ0v) is 10.6. The Hall–Kier alpha value is -1.36. The normalized spacial score (nSPS) is 9.69. The molecule has 1 amide bonds. The molecule has 0 aliphatic carbocycles. The van der Waals surface area contributed by atoms with Crippen LogP contribution < -0.4 is 5.32 Å². The number of nitrogens with one attached hydrogen (secondary N) is 1. The minimum atomic E-state index is -0.876. The highest BCUT2D eigenvalue weighted by molar-refractivity contribution is 9.10. The first-order valence-electron chi connectivity index (χ1n) is 4.79. The first kappa shape index (κ1) is 12.7. The average Bonchev–Trinajstić information content (AvgIpc) is 2.24. The Morgan fingerprint density at radius 2 is 2.12 bits per heavy atom. The van der Waals surface area contributed by atoms with Crippen LogP contribution >= 0.6 is 15.9 Å². The van der Waals surface area contributed by atoms with Crippen LogP contribution in [0, 0.1) is 6.92 Å². The predicted octanol–water partition coefficient (Wildman–Crippen LogP) is 2.26. The number of hydrogen-bond donors (Lipinski definition) is 1. The van der Waals surface area contributed by atoms with Crippen molar-refractivity contribution in [2.45, 2.75) is 13.8 Å². The largest absolute Gasteiger partial charge is 0.459 e. The van der Waals surface area contributed by atoms with Gasteiger partial charge >= 0.3 is 11.9 Å². The molecule has 0 radical (unpaired) electrons. The highest BCUT2D eigenvalue weighted by Gasteiger charge is 2.14. The lowest BCUT2D eigenvalue weighted by atomic mass is 10.2. The van der Waals surface area contributed by atoms with Crippen molar-refractivity contribution in [2.75, 3.05) is 11.9 Å². The fourth-order valence-corrected chi connectivity index (χ4v) is 1.43. The summed E-state index contributed by atoms with van der Waals surface area (Å²) in [6, 6.07) is 5.29. The SMILES string of the molecule is CCOC(=O)C(=O)Nc1ccc(C)c(Br)c1. The number of benzene rings is 1. The second-order valence-electron chi connectivity index (χ2n) is 3.14. The van der Waals surface area contributed by atoms with Gasteiger partial charge in [0.2, 0.25) is 0 Å². The standard InChI is InChI=1S/C11H12BrNO3/c1-3-16-11(15)10(14)13-8-5-4-7(2)9(12)6-8/h4-6H,3H2,1-2H3,(H,13,14). The van der Waals surface area contributed by atoms with Gasteiger partial charge in [0, 0.05) is 10.2 Å². The number of carbonyl (C=O) groups excluding carboxylic acids is 2. The summed E-state index contributed by atoms with van der Waals surface area (Å²) in [5.74, 6) is -1.64. The van der Waals surface area contributed by atoms with E-state index in [1.165, 1.54) is 0 Å². The lowest BCUT2D eigenvalue weighted by molar-refractivity contribution is -0.152. The van der Waals surface area contributed by atoms with Crippen molar-refractivity contribution in [1.29, 1.82) is 0 Å². The number of aryl methyl sites for hydroxylation is 1. The van der Waals surface area contributed by atoms with Crippen molar-refractivity contribution < 1.29 is 14.3 Å². The molecule has 0 aromatic heterocycles. The van der Waals surface area contributed by atoms with Crippen LogP contribution in [0.15, 0.2) is 22.7 Å². The van der Waals surface area contributed by atoms with Gasteiger partial charge in [-0.1, -0.05) is 22.0 Å². The first-order chi connectivity index (χ1) is 7.54. The van der Waals surface area contributed by atoms with E-state index in [-0.39, 0.29) is 6.61 Å². The predicted molar refractivity (Wildman–Crippen MR) is 64.1 cm³/mol. The number of ether oxygens (including phenoxy) is 1. The van der Waals surface area contributed by atoms with E-state index in [2.05, 4.69) is 26.0 Å². The van der Waals surface area contributed by atoms with E-state index in [0.717, 1.165) is 10.0 Å². The van der Waals surface area contributed by atoms with Crippen LogP contribution in [0.1, 0.15) is 12.5 Å². The quantitative estimate of drug-likeness (QED) is 0.670. The minimum absolute atomic E-state index is 0.184. The van der Waals surface area contributed by atoms with Crippen molar-refractivity contribution >= 4 is 33.5 Å². The molecule has 16 heavy (non-hydrogen) atoms. The van der Waals surface area contributed by atoms with Gasteiger partial charge in [0.1, 0.15) is 0 Å². The van der Waals surface area contributed by atoms with Gasteiger partial charge in [0.05, 0.1) is 6.61 Å². The van der Waals surface area contributed by atoms with Crippen LogP contribution in [0.4, 0.5) is 5.69 Å². The van der Waals surface area contributed by atoms with Crippen molar-refractivity contribution in [1.82, 2.24) is 0 Å². The summed E-state index contributed by atoms with van der Waals surface area (Å²) >= 11 is 3.34. The molecule has 0 heterocycles. The topological polar surface area (TPSA) is 55.4 Å². The maximum atomic E-state index is 11.3. The molecule has 1 N–H and O–H groups in total. The maximum Gasteiger partial charge on any atom is 0.397 e. The Labute approximate surface area is 102 Å². The van der Waals surface area contributed by atoms with E-state index in [1.54, 1.807) is 19.1 Å². The molecule has 0 unspecified atom stereocenters. The van der Waals surface area contributed by atoms with Crippen molar-refractivity contribution in [3.05, 3.63) is 28.2 Å². The molecule has 0 saturated carbocycles. The average molecular weight is 286 g/mol. The smallest absolute Gasteiger partial charge is 0.397 e. The van der Waals surface area contributed by atoms with Crippen molar-refractivity contribution in [3.8, 4) is 0 Å². The van der Waals surface area contributed by atoms with Crippen LogP contribution in [0.3, 0.4) is 0 Å². The van der Waals surface area contributed by atoms with E-state index in [4.69, 9.17) is 0 Å². The number of anilines is 1. The summed E-state index contributed by atoms with van der Waals surface area (Å²) in [5, 5.41) is 2.45. The van der Waals surface area contributed by atoms with Crippen LogP contribution in [0.5, 0.6) is 0 Å². The van der Waals surface area contributed by atoms with E-state index >= 15 is 0 Å². The van der Waals surface area contributed by atoms with Crippen LogP contribution in [0.25, 0.3) is 0 Å². The molecule has 0 atom stereocenters. The van der Waals surface area contributed by atoms with Gasteiger partial charge in [-0.3, -0.25) is 4.79 Å². The van der Waals surface area contributed by atoms with Gasteiger partial charge in [-0.05, 0) is 31.5 Å². The molecule has 4 nitrogen and oxygen atoms in total. The second kappa shape index (κ2) is 5.65. The highest BCUT2D eigenvalue weighted by Crippen LogP contribution is 2.20. The van der Waals surface area contributed by atoms with Gasteiger partial charge in [-0.2, -0.15) is 0 Å². The Balaban J connectivity index is 2.70. The summed E-state index contributed by atoms with van der Waals surface area (Å²) in [7, 11) is 0. The summed E-state index contributed by atoms with van der Waals surface area (Å²) in [5.41, 5.74) is 1.60. The number of rotatable bonds is 2. The number of amides is 1. The summed E-state index contributed by atoms with van der Waals surface area (Å²) in [4.78, 5) is 22.4. The Kier molecular flexibility index (Phi) is 4.49. The number of hydrogen-bond acceptors (Lipinski definition) is 3. The van der Waals surface area contributed by atoms with E-state index < -0.39 is 11.9 Å². The van der Waals surface area contributed by atoms with Gasteiger partial charge in [0.25, 0.3) is 0 Å². The van der Waals surface area contributed by atoms with Crippen LogP contribution in [-0.4, -0.2) is 18.5 Å². The minimum Gasteiger partial charge on any atom is -0.459 e. The van der Waals surface area contributed by atoms with Gasteiger partial charge in [-0.25, -0.2) is 4.79 Å². The zero-order valence-electron chi connectivity index (χ0n) is 9.04. The molecule has 0 fully saturated rings. The molecule has 0 aliphatic rings. The first-order valence-corrected chi connectivity index (χ1v) is 5.58. The third-order valence-corrected chi connectivity index (χ3v) is 2.74. The van der Waals surface area contributed by atoms with E-state index in [1.807, 2.05) is 13.0 Å². The number of esters is 1. The molecular formula is C11H12BrNO3. The molecular weight excluding hydrogens is 274 g/mol. The highest BCUT2D eigenvalue weighted by atomic mass is 79.9. The molecule has 0 saturated heterocycles. The molecule has 0 spiro atoms. The van der Waals surface area contributed by atoms with E-state index in [9.17, 15) is 9.59 Å². The molecule has 0 aliphatic heterocycles. The fraction of sp³-hybridized carbons (Fsp3) is 0.273. The van der Waals surface area contributed by atoms with Crippen LogP contribution in [0.2, 0.25) is 0 Å². The van der Waals surface area contributed by atoms with Crippen LogP contribution in [-0.2, 0) is 14.3 Å². The van der Waals surface area contributed by atoms with Gasteiger partial charge < -0.3 is 10.1 Å².